The monoisotopic (exact) mass is 343 g/mol. The second-order valence-corrected chi connectivity index (χ2v) is 6.84. The van der Waals surface area contributed by atoms with Gasteiger partial charge in [0.15, 0.2) is 0 Å². The van der Waals surface area contributed by atoms with Crippen molar-refractivity contribution in [2.24, 2.45) is 13.0 Å². The number of amides is 1. The fraction of sp³-hybridized carbons (Fsp3) is 0.353. The van der Waals surface area contributed by atoms with Crippen LogP contribution in [-0.4, -0.2) is 35.0 Å². The fourth-order valence-electron chi connectivity index (χ4n) is 3.07. The van der Waals surface area contributed by atoms with Crippen molar-refractivity contribution in [3.05, 3.63) is 45.9 Å². The molecular weight excluding hydrogens is 326 g/mol. The van der Waals surface area contributed by atoms with Gasteiger partial charge in [0, 0.05) is 37.5 Å². The van der Waals surface area contributed by atoms with Gasteiger partial charge in [-0.25, -0.2) is 4.79 Å². The summed E-state index contributed by atoms with van der Waals surface area (Å²) in [5.74, 6) is -0.494. The number of hydrogen-bond donors (Lipinski definition) is 0. The van der Waals surface area contributed by atoms with Crippen molar-refractivity contribution < 1.29 is 14.3 Å². The van der Waals surface area contributed by atoms with Gasteiger partial charge in [-0.05, 0) is 17.5 Å². The van der Waals surface area contributed by atoms with E-state index in [4.69, 9.17) is 10.00 Å². The summed E-state index contributed by atoms with van der Waals surface area (Å²) in [5, 5.41) is 10.9. The highest BCUT2D eigenvalue weighted by Gasteiger charge is 2.39. The van der Waals surface area contributed by atoms with Crippen LogP contribution in [0.2, 0.25) is 0 Å². The molecule has 1 aliphatic rings. The molecule has 1 amide bonds. The maximum absolute atomic E-state index is 12.3. The van der Waals surface area contributed by atoms with Gasteiger partial charge in [-0.2, -0.15) is 5.26 Å². The summed E-state index contributed by atoms with van der Waals surface area (Å²) in [5.41, 5.74) is 0.744. The molecule has 0 radical (unpaired) electrons. The number of carbonyl (C=O) groups excluding carboxylic acids is 2. The zero-order valence-electron chi connectivity index (χ0n) is 13.4. The average molecular weight is 343 g/mol. The lowest BCUT2D eigenvalue weighted by Gasteiger charge is -2.23. The Bertz CT molecular complexity index is 804. The van der Waals surface area contributed by atoms with Crippen molar-refractivity contribution in [1.82, 2.24) is 9.47 Å². The highest BCUT2D eigenvalue weighted by molar-refractivity contribution is 7.10. The van der Waals surface area contributed by atoms with E-state index in [-0.39, 0.29) is 24.5 Å². The number of ether oxygens (including phenoxy) is 1. The van der Waals surface area contributed by atoms with Gasteiger partial charge in [0.2, 0.25) is 5.91 Å². The number of likely N-dealkylation sites (tertiary alicyclic amines) is 1. The molecule has 0 saturated carbocycles. The standard InChI is InChI=1S/C17H17N3O3S/c1-19-9-11(8-18)6-13(19)17(22)23-10-12-7-15(21)20(2)16(12)14-4-3-5-24-14/h3-6,9,12,16H,7,10H2,1-2H3. The Morgan fingerprint density at radius 3 is 2.92 bits per heavy atom. The first-order chi connectivity index (χ1) is 11.5. The van der Waals surface area contributed by atoms with Crippen LogP contribution in [0.3, 0.4) is 0 Å². The Morgan fingerprint density at radius 2 is 2.29 bits per heavy atom. The van der Waals surface area contributed by atoms with Gasteiger partial charge in [0.25, 0.3) is 0 Å². The molecule has 124 valence electrons. The Morgan fingerprint density at radius 1 is 1.50 bits per heavy atom. The molecule has 0 N–H and O–H groups in total. The molecule has 3 rings (SSSR count). The lowest BCUT2D eigenvalue weighted by Crippen LogP contribution is -2.25. The zero-order chi connectivity index (χ0) is 17.3. The SMILES string of the molecule is CN1C(=O)CC(COC(=O)c2cc(C#N)cn2C)C1c1cccs1. The van der Waals surface area contributed by atoms with Crippen LogP contribution in [0.5, 0.6) is 0 Å². The second kappa shape index (κ2) is 6.49. The predicted molar refractivity (Wildman–Crippen MR) is 88.3 cm³/mol. The summed E-state index contributed by atoms with van der Waals surface area (Å²) >= 11 is 1.59. The normalized spacial score (nSPS) is 20.2. The molecule has 2 aromatic heterocycles. The highest BCUT2D eigenvalue weighted by Crippen LogP contribution is 2.39. The van der Waals surface area contributed by atoms with Crippen molar-refractivity contribution in [2.45, 2.75) is 12.5 Å². The molecule has 0 bridgehead atoms. The van der Waals surface area contributed by atoms with Gasteiger partial charge in [-0.15, -0.1) is 11.3 Å². The second-order valence-electron chi connectivity index (χ2n) is 5.86. The van der Waals surface area contributed by atoms with Gasteiger partial charge in [0.05, 0.1) is 18.2 Å². The van der Waals surface area contributed by atoms with E-state index < -0.39 is 5.97 Å². The summed E-state index contributed by atoms with van der Waals surface area (Å²) < 4.78 is 7.01. The van der Waals surface area contributed by atoms with Crippen LogP contribution in [0, 0.1) is 17.2 Å². The molecule has 0 aromatic carbocycles. The molecule has 24 heavy (non-hydrogen) atoms. The van der Waals surface area contributed by atoms with Gasteiger partial charge in [0.1, 0.15) is 11.8 Å². The van der Waals surface area contributed by atoms with E-state index in [9.17, 15) is 9.59 Å². The van der Waals surface area contributed by atoms with Crippen LogP contribution in [0.25, 0.3) is 0 Å². The fourth-order valence-corrected chi connectivity index (χ4v) is 4.03. The van der Waals surface area contributed by atoms with Gasteiger partial charge >= 0.3 is 5.97 Å². The largest absolute Gasteiger partial charge is 0.461 e. The average Bonchev–Trinajstić information content (AvgIpc) is 3.26. The molecule has 1 saturated heterocycles. The Labute approximate surface area is 143 Å². The first-order valence-corrected chi connectivity index (χ1v) is 8.42. The van der Waals surface area contributed by atoms with E-state index >= 15 is 0 Å². The number of nitriles is 1. The van der Waals surface area contributed by atoms with Gasteiger partial charge < -0.3 is 14.2 Å². The number of thiophene rings is 1. The van der Waals surface area contributed by atoms with E-state index in [0.717, 1.165) is 4.88 Å². The minimum atomic E-state index is -0.481. The van der Waals surface area contributed by atoms with Crippen molar-refractivity contribution in [3.8, 4) is 6.07 Å². The van der Waals surface area contributed by atoms with Crippen LogP contribution in [-0.2, 0) is 16.6 Å². The molecule has 1 aliphatic heterocycles. The predicted octanol–water partition coefficient (Wildman–Crippen LogP) is 2.33. The summed E-state index contributed by atoms with van der Waals surface area (Å²) in [6, 6.07) is 7.39. The number of rotatable bonds is 4. The smallest absolute Gasteiger partial charge is 0.354 e. The van der Waals surface area contributed by atoms with Gasteiger partial charge in [-0.1, -0.05) is 6.07 Å². The summed E-state index contributed by atoms with van der Waals surface area (Å²) in [7, 11) is 3.48. The van der Waals surface area contributed by atoms with E-state index in [1.807, 2.05) is 23.6 Å². The maximum atomic E-state index is 12.3. The Kier molecular flexibility index (Phi) is 4.40. The topological polar surface area (TPSA) is 75.3 Å². The lowest BCUT2D eigenvalue weighted by molar-refractivity contribution is -0.127. The molecule has 2 atom stereocenters. The number of esters is 1. The zero-order valence-corrected chi connectivity index (χ0v) is 14.2. The molecule has 0 spiro atoms. The van der Waals surface area contributed by atoms with Crippen molar-refractivity contribution in [1.29, 1.82) is 5.26 Å². The molecule has 3 heterocycles. The number of aromatic nitrogens is 1. The minimum absolute atomic E-state index is 0.0556. The number of aryl methyl sites for hydroxylation is 1. The van der Waals surface area contributed by atoms with Crippen molar-refractivity contribution in [3.63, 3.8) is 0 Å². The van der Waals surface area contributed by atoms with Crippen molar-refractivity contribution >= 4 is 23.2 Å². The molecule has 6 nitrogen and oxygen atoms in total. The number of carbonyl (C=O) groups is 2. The molecule has 2 unspecified atom stereocenters. The van der Waals surface area contributed by atoms with Crippen LogP contribution >= 0.6 is 11.3 Å². The highest BCUT2D eigenvalue weighted by atomic mass is 32.1. The van der Waals surface area contributed by atoms with E-state index in [1.54, 1.807) is 41.1 Å². The molecule has 7 heteroatoms. The summed E-state index contributed by atoms with van der Waals surface area (Å²) in [4.78, 5) is 27.1. The minimum Gasteiger partial charge on any atom is -0.461 e. The molecule has 1 fully saturated rings. The summed E-state index contributed by atoms with van der Waals surface area (Å²) in [6.45, 7) is 0.171. The summed E-state index contributed by atoms with van der Waals surface area (Å²) in [6.07, 6.45) is 1.95. The van der Waals surface area contributed by atoms with Crippen LogP contribution < -0.4 is 0 Å². The van der Waals surface area contributed by atoms with Crippen LogP contribution in [0.4, 0.5) is 0 Å². The van der Waals surface area contributed by atoms with Crippen LogP contribution in [0.1, 0.15) is 33.4 Å². The number of nitrogens with zero attached hydrogens (tertiary/aromatic N) is 3. The Balaban J connectivity index is 1.71. The molecule has 2 aromatic rings. The third-order valence-electron chi connectivity index (χ3n) is 4.30. The third-order valence-corrected chi connectivity index (χ3v) is 5.24. The van der Waals surface area contributed by atoms with E-state index in [0.29, 0.717) is 17.7 Å². The Hall–Kier alpha value is -2.59. The molecular formula is C17H17N3O3S. The van der Waals surface area contributed by atoms with E-state index in [1.165, 1.54) is 6.07 Å². The van der Waals surface area contributed by atoms with E-state index in [2.05, 4.69) is 0 Å². The first-order valence-electron chi connectivity index (χ1n) is 7.54. The van der Waals surface area contributed by atoms with Crippen LogP contribution in [0.15, 0.2) is 29.8 Å². The van der Waals surface area contributed by atoms with Crippen molar-refractivity contribution in [2.75, 3.05) is 13.7 Å². The lowest BCUT2D eigenvalue weighted by atomic mass is 10.00. The quantitative estimate of drug-likeness (QED) is 0.799. The maximum Gasteiger partial charge on any atom is 0.354 e. The molecule has 0 aliphatic carbocycles. The number of hydrogen-bond acceptors (Lipinski definition) is 5. The third kappa shape index (κ3) is 2.93. The van der Waals surface area contributed by atoms with Gasteiger partial charge in [-0.3, -0.25) is 4.79 Å². The first kappa shape index (κ1) is 16.3.